The minimum Gasteiger partial charge on any atom is -0.326 e. The van der Waals surface area contributed by atoms with E-state index >= 15 is 0 Å². The third-order valence-electron chi connectivity index (χ3n) is 4.12. The van der Waals surface area contributed by atoms with Crippen molar-refractivity contribution in [2.24, 2.45) is 0 Å². The van der Waals surface area contributed by atoms with Gasteiger partial charge in [-0.05, 0) is 45.0 Å². The maximum atomic E-state index is 6.05. The molecule has 0 aliphatic heterocycles. The summed E-state index contributed by atoms with van der Waals surface area (Å²) in [6, 6.07) is 6.98. The van der Waals surface area contributed by atoms with Crippen LogP contribution in [0.4, 0.5) is 0 Å². The van der Waals surface area contributed by atoms with Crippen LogP contribution in [-0.4, -0.2) is 34.1 Å². The van der Waals surface area contributed by atoms with Gasteiger partial charge >= 0.3 is 0 Å². The number of alkyl halides is 1. The van der Waals surface area contributed by atoms with Gasteiger partial charge in [0.1, 0.15) is 5.82 Å². The molecule has 0 fully saturated rings. The monoisotopic (exact) mass is 293 g/mol. The molecular formula is C16H24ClN3. The van der Waals surface area contributed by atoms with Crippen molar-refractivity contribution in [3.05, 3.63) is 29.6 Å². The van der Waals surface area contributed by atoms with Gasteiger partial charge in [0.05, 0.1) is 16.9 Å². The summed E-state index contributed by atoms with van der Waals surface area (Å²) >= 11 is 6.05. The number of aromatic nitrogens is 2. The first-order chi connectivity index (χ1) is 9.56. The Morgan fingerprint density at radius 3 is 2.80 bits per heavy atom. The number of hydrogen-bond donors (Lipinski definition) is 0. The van der Waals surface area contributed by atoms with Gasteiger partial charge in [-0.25, -0.2) is 4.98 Å². The van der Waals surface area contributed by atoms with Crippen molar-refractivity contribution in [2.45, 2.75) is 45.7 Å². The highest BCUT2D eigenvalue weighted by Crippen LogP contribution is 2.19. The van der Waals surface area contributed by atoms with E-state index in [-0.39, 0.29) is 0 Å². The normalized spacial score (nSPS) is 13.3. The minimum atomic E-state index is 0.459. The van der Waals surface area contributed by atoms with Gasteiger partial charge in [0.15, 0.2) is 0 Å². The number of fused-ring (bicyclic) bond motifs is 1. The average Bonchev–Trinajstić information content (AvgIpc) is 2.80. The van der Waals surface area contributed by atoms with E-state index in [0.29, 0.717) is 11.9 Å². The lowest BCUT2D eigenvalue weighted by Crippen LogP contribution is -2.31. The fraction of sp³-hybridized carbons (Fsp3) is 0.562. The quantitative estimate of drug-likeness (QED) is 0.755. The zero-order valence-corrected chi connectivity index (χ0v) is 13.6. The van der Waals surface area contributed by atoms with Crippen molar-refractivity contribution in [1.29, 1.82) is 0 Å². The van der Waals surface area contributed by atoms with E-state index in [1.807, 2.05) is 0 Å². The van der Waals surface area contributed by atoms with Crippen LogP contribution < -0.4 is 0 Å². The highest BCUT2D eigenvalue weighted by molar-refractivity contribution is 6.16. The molecular weight excluding hydrogens is 270 g/mol. The van der Waals surface area contributed by atoms with Crippen molar-refractivity contribution in [2.75, 3.05) is 13.6 Å². The Hall–Kier alpha value is -1.06. The molecule has 1 heterocycles. The molecule has 0 aliphatic carbocycles. The Balaban J connectivity index is 2.25. The predicted octanol–water partition coefficient (Wildman–Crippen LogP) is 3.81. The van der Waals surface area contributed by atoms with Gasteiger partial charge in [0.25, 0.3) is 0 Å². The molecule has 0 bridgehead atoms. The van der Waals surface area contributed by atoms with Crippen molar-refractivity contribution >= 4 is 22.6 Å². The molecule has 3 nitrogen and oxygen atoms in total. The lowest BCUT2D eigenvalue weighted by atomic mass is 10.2. The van der Waals surface area contributed by atoms with Crippen LogP contribution >= 0.6 is 11.6 Å². The number of halogens is 1. The van der Waals surface area contributed by atoms with E-state index in [1.54, 1.807) is 0 Å². The Morgan fingerprint density at radius 2 is 2.15 bits per heavy atom. The second-order valence-electron chi connectivity index (χ2n) is 5.54. The highest BCUT2D eigenvalue weighted by Gasteiger charge is 2.12. The minimum absolute atomic E-state index is 0.459. The molecule has 0 aliphatic rings. The molecule has 1 unspecified atom stereocenters. The zero-order valence-electron chi connectivity index (χ0n) is 12.9. The van der Waals surface area contributed by atoms with E-state index in [1.165, 1.54) is 17.5 Å². The van der Waals surface area contributed by atoms with E-state index in [2.05, 4.69) is 60.5 Å². The Bertz CT molecular complexity index is 576. The van der Waals surface area contributed by atoms with Gasteiger partial charge in [-0.3, -0.25) is 0 Å². The van der Waals surface area contributed by atoms with E-state index < -0.39 is 0 Å². The van der Waals surface area contributed by atoms with Gasteiger partial charge in [-0.1, -0.05) is 13.0 Å². The van der Waals surface area contributed by atoms with Crippen LogP contribution in [0.3, 0.4) is 0 Å². The average molecular weight is 294 g/mol. The van der Waals surface area contributed by atoms with Crippen LogP contribution in [0.1, 0.15) is 31.7 Å². The summed E-state index contributed by atoms with van der Waals surface area (Å²) in [5.41, 5.74) is 3.49. The van der Waals surface area contributed by atoms with Crippen molar-refractivity contribution in [3.63, 3.8) is 0 Å². The molecule has 0 amide bonds. The Morgan fingerprint density at radius 1 is 1.40 bits per heavy atom. The molecule has 1 atom stereocenters. The smallest absolute Gasteiger partial charge is 0.124 e. The number of rotatable bonds is 6. The lowest BCUT2D eigenvalue weighted by molar-refractivity contribution is 0.243. The second-order valence-corrected chi connectivity index (χ2v) is 5.81. The summed E-state index contributed by atoms with van der Waals surface area (Å²) in [6.45, 7) is 8.55. The SMILES string of the molecule is CCC(C)N(C)CCn1c(CCl)nc2ccc(C)cc21. The molecule has 0 radical (unpaired) electrons. The van der Waals surface area contributed by atoms with Crippen molar-refractivity contribution < 1.29 is 0 Å². The topological polar surface area (TPSA) is 21.1 Å². The fourth-order valence-electron chi connectivity index (χ4n) is 2.42. The van der Waals surface area contributed by atoms with Gasteiger partial charge < -0.3 is 9.47 Å². The number of imidazole rings is 1. The molecule has 0 N–H and O–H groups in total. The number of aryl methyl sites for hydroxylation is 1. The van der Waals surface area contributed by atoms with Crippen LogP contribution in [0.5, 0.6) is 0 Å². The maximum Gasteiger partial charge on any atom is 0.124 e. The highest BCUT2D eigenvalue weighted by atomic mass is 35.5. The second kappa shape index (κ2) is 6.59. The summed E-state index contributed by atoms with van der Waals surface area (Å²) in [5.74, 6) is 1.42. The zero-order chi connectivity index (χ0) is 14.7. The first kappa shape index (κ1) is 15.3. The third kappa shape index (κ3) is 3.15. The maximum absolute atomic E-state index is 6.05. The molecule has 0 spiro atoms. The van der Waals surface area contributed by atoms with Crippen molar-refractivity contribution in [1.82, 2.24) is 14.5 Å². The molecule has 0 saturated carbocycles. The van der Waals surface area contributed by atoms with Crippen LogP contribution in [0.15, 0.2) is 18.2 Å². The van der Waals surface area contributed by atoms with Gasteiger partial charge in [-0.2, -0.15) is 0 Å². The van der Waals surface area contributed by atoms with Crippen LogP contribution in [0, 0.1) is 6.92 Å². The molecule has 20 heavy (non-hydrogen) atoms. The van der Waals surface area contributed by atoms with Crippen LogP contribution in [-0.2, 0) is 12.4 Å². The van der Waals surface area contributed by atoms with Crippen LogP contribution in [0.2, 0.25) is 0 Å². The number of nitrogens with zero attached hydrogens (tertiary/aromatic N) is 3. The fourth-order valence-corrected chi connectivity index (χ4v) is 2.63. The summed E-state index contributed by atoms with van der Waals surface area (Å²) < 4.78 is 2.26. The summed E-state index contributed by atoms with van der Waals surface area (Å²) in [6.07, 6.45) is 1.17. The molecule has 2 aromatic rings. The molecule has 0 saturated heterocycles. The molecule has 110 valence electrons. The lowest BCUT2D eigenvalue weighted by Gasteiger charge is -2.24. The first-order valence-electron chi connectivity index (χ1n) is 7.28. The molecule has 1 aromatic heterocycles. The van der Waals surface area contributed by atoms with E-state index in [0.717, 1.165) is 24.4 Å². The van der Waals surface area contributed by atoms with Gasteiger partial charge in [0.2, 0.25) is 0 Å². The number of likely N-dealkylation sites (N-methyl/N-ethyl adjacent to an activating group) is 1. The largest absolute Gasteiger partial charge is 0.326 e. The number of hydrogen-bond acceptors (Lipinski definition) is 2. The standard InChI is InChI=1S/C16H24ClN3/c1-5-13(3)19(4)8-9-20-15-10-12(2)6-7-14(15)18-16(20)11-17/h6-7,10,13H,5,8-9,11H2,1-4H3. The van der Waals surface area contributed by atoms with E-state index in [9.17, 15) is 0 Å². The number of benzene rings is 1. The van der Waals surface area contributed by atoms with Gasteiger partial charge in [-0.15, -0.1) is 11.6 Å². The molecule has 1 aromatic carbocycles. The summed E-state index contributed by atoms with van der Waals surface area (Å²) in [5, 5.41) is 0. The van der Waals surface area contributed by atoms with Gasteiger partial charge in [0, 0.05) is 19.1 Å². The summed E-state index contributed by atoms with van der Waals surface area (Å²) in [4.78, 5) is 7.02. The van der Waals surface area contributed by atoms with Crippen LogP contribution in [0.25, 0.3) is 11.0 Å². The van der Waals surface area contributed by atoms with Crippen molar-refractivity contribution in [3.8, 4) is 0 Å². The third-order valence-corrected chi connectivity index (χ3v) is 4.36. The predicted molar refractivity (Wildman–Crippen MR) is 86.4 cm³/mol. The molecule has 2 rings (SSSR count). The molecule has 4 heteroatoms. The Kier molecular flexibility index (Phi) is 5.06. The Labute approximate surface area is 126 Å². The van der Waals surface area contributed by atoms with E-state index in [4.69, 9.17) is 11.6 Å². The summed E-state index contributed by atoms with van der Waals surface area (Å²) in [7, 11) is 2.18. The first-order valence-corrected chi connectivity index (χ1v) is 7.82.